The Hall–Kier alpha value is -4.39. The number of carboxylic acid groups (broad SMARTS) is 1. The first-order valence-electron chi connectivity index (χ1n) is 12.6. The fourth-order valence-electron chi connectivity index (χ4n) is 4.02. The normalized spacial score (nSPS) is 12.6. The van der Waals surface area contributed by atoms with E-state index < -0.39 is 41.7 Å². The molecule has 1 aromatic carbocycles. The number of hydrogen-bond donors (Lipinski definition) is 3. The Morgan fingerprint density at radius 2 is 1.90 bits per heavy atom. The standard InChI is InChI=1S/C26H33N7O6/c1-4-21(33-12-11-27-24(26(33)38)28-14-20-17(3)30-39-31-20)25(37)29-19(13-23(35)36)22(34)16-32(5-2)15-18-9-7-6-8-10-18/h6-12,19,21H,4-5,13-16H2,1-3H3,(H,27,28)(H,29,37)(H,35,36). The number of Topliss-reactive ketones (excluding diaryl/α,β-unsaturated/α-hetero) is 1. The molecule has 0 aliphatic rings. The van der Waals surface area contributed by atoms with Crippen LogP contribution in [-0.2, 0) is 27.5 Å². The number of carboxylic acids is 1. The fraction of sp³-hybridized carbons (Fsp3) is 0.423. The predicted octanol–water partition coefficient (Wildman–Crippen LogP) is 1.55. The summed E-state index contributed by atoms with van der Waals surface area (Å²) in [4.78, 5) is 57.0. The summed E-state index contributed by atoms with van der Waals surface area (Å²) in [5, 5.41) is 22.3. The smallest absolute Gasteiger partial charge is 0.305 e. The van der Waals surface area contributed by atoms with E-state index in [9.17, 15) is 24.3 Å². The van der Waals surface area contributed by atoms with Gasteiger partial charge < -0.3 is 15.7 Å². The van der Waals surface area contributed by atoms with Gasteiger partial charge in [-0.3, -0.25) is 28.6 Å². The summed E-state index contributed by atoms with van der Waals surface area (Å²) in [5.74, 6) is -2.31. The Morgan fingerprint density at radius 3 is 2.51 bits per heavy atom. The molecule has 39 heavy (non-hydrogen) atoms. The van der Waals surface area contributed by atoms with E-state index in [-0.39, 0.29) is 25.3 Å². The molecule has 3 N–H and O–H groups in total. The lowest BCUT2D eigenvalue weighted by atomic mass is 10.1. The molecular formula is C26H33N7O6. The van der Waals surface area contributed by atoms with Gasteiger partial charge in [-0.15, -0.1) is 0 Å². The van der Waals surface area contributed by atoms with Gasteiger partial charge in [0.05, 0.1) is 25.6 Å². The van der Waals surface area contributed by atoms with Gasteiger partial charge in [-0.05, 0) is 25.5 Å². The summed E-state index contributed by atoms with van der Waals surface area (Å²) in [7, 11) is 0. The molecule has 0 bridgehead atoms. The molecule has 3 rings (SSSR count). The third-order valence-corrected chi connectivity index (χ3v) is 6.22. The van der Waals surface area contributed by atoms with Crippen molar-refractivity contribution in [2.75, 3.05) is 18.4 Å². The zero-order valence-corrected chi connectivity index (χ0v) is 22.2. The minimum atomic E-state index is -1.26. The van der Waals surface area contributed by atoms with Gasteiger partial charge in [0.15, 0.2) is 11.6 Å². The molecule has 3 aromatic rings. The van der Waals surface area contributed by atoms with Crippen molar-refractivity contribution in [1.82, 2.24) is 30.1 Å². The Kier molecular flexibility index (Phi) is 10.4. The SMILES string of the molecule is CCC(C(=O)NC(CC(=O)O)C(=O)CN(CC)Cc1ccccc1)n1ccnc(NCc2nonc2C)c1=O. The molecule has 208 valence electrons. The van der Waals surface area contributed by atoms with Crippen LogP contribution in [0.25, 0.3) is 0 Å². The van der Waals surface area contributed by atoms with Crippen LogP contribution in [-0.4, -0.2) is 66.7 Å². The maximum Gasteiger partial charge on any atom is 0.305 e. The molecule has 0 saturated carbocycles. The molecule has 0 aliphatic carbocycles. The van der Waals surface area contributed by atoms with Crippen molar-refractivity contribution >= 4 is 23.5 Å². The highest BCUT2D eigenvalue weighted by molar-refractivity contribution is 5.94. The van der Waals surface area contributed by atoms with E-state index in [1.165, 1.54) is 17.0 Å². The molecule has 2 aromatic heterocycles. The van der Waals surface area contributed by atoms with Gasteiger partial charge in [-0.2, -0.15) is 0 Å². The van der Waals surface area contributed by atoms with Gasteiger partial charge in [0, 0.05) is 18.9 Å². The molecular weight excluding hydrogens is 506 g/mol. The number of likely N-dealkylation sites (N-methyl/N-ethyl adjacent to an activating group) is 1. The zero-order chi connectivity index (χ0) is 28.4. The average molecular weight is 540 g/mol. The molecule has 13 heteroatoms. The van der Waals surface area contributed by atoms with Crippen LogP contribution in [0, 0.1) is 6.92 Å². The van der Waals surface area contributed by atoms with Crippen LogP contribution < -0.4 is 16.2 Å². The van der Waals surface area contributed by atoms with Gasteiger partial charge in [0.1, 0.15) is 17.4 Å². The number of ketones is 1. The molecule has 1 amide bonds. The second kappa shape index (κ2) is 14.0. The largest absolute Gasteiger partial charge is 0.481 e. The van der Waals surface area contributed by atoms with Gasteiger partial charge in [-0.25, -0.2) is 9.61 Å². The van der Waals surface area contributed by atoms with Crippen LogP contribution >= 0.6 is 0 Å². The summed E-state index contributed by atoms with van der Waals surface area (Å²) < 4.78 is 5.85. The lowest BCUT2D eigenvalue weighted by Crippen LogP contribution is -2.49. The van der Waals surface area contributed by atoms with Gasteiger partial charge in [0.25, 0.3) is 5.56 Å². The van der Waals surface area contributed by atoms with Crippen LogP contribution in [0.15, 0.2) is 52.1 Å². The second-order valence-corrected chi connectivity index (χ2v) is 8.98. The molecule has 2 heterocycles. The monoisotopic (exact) mass is 539 g/mol. The summed E-state index contributed by atoms with van der Waals surface area (Å²) >= 11 is 0. The summed E-state index contributed by atoms with van der Waals surface area (Å²) in [5.41, 5.74) is 1.51. The van der Waals surface area contributed by atoms with E-state index in [1.807, 2.05) is 42.2 Å². The van der Waals surface area contributed by atoms with Crippen molar-refractivity contribution in [3.05, 3.63) is 70.0 Å². The highest BCUT2D eigenvalue weighted by Gasteiger charge is 2.29. The van der Waals surface area contributed by atoms with Gasteiger partial charge >= 0.3 is 5.97 Å². The maximum absolute atomic E-state index is 13.3. The fourth-order valence-corrected chi connectivity index (χ4v) is 4.02. The van der Waals surface area contributed by atoms with Gasteiger partial charge in [-0.1, -0.05) is 54.5 Å². The highest BCUT2D eigenvalue weighted by Crippen LogP contribution is 2.13. The summed E-state index contributed by atoms with van der Waals surface area (Å²) in [6.07, 6.45) is 2.38. The van der Waals surface area contributed by atoms with Crippen molar-refractivity contribution in [3.8, 4) is 0 Å². The van der Waals surface area contributed by atoms with Crippen molar-refractivity contribution < 1.29 is 24.1 Å². The Labute approximate surface area is 225 Å². The Balaban J connectivity index is 1.73. The van der Waals surface area contributed by atoms with Crippen molar-refractivity contribution in [1.29, 1.82) is 0 Å². The molecule has 0 saturated heterocycles. The van der Waals surface area contributed by atoms with Crippen LogP contribution in [0.3, 0.4) is 0 Å². The van der Waals surface area contributed by atoms with E-state index in [0.29, 0.717) is 24.5 Å². The van der Waals surface area contributed by atoms with E-state index >= 15 is 0 Å². The van der Waals surface area contributed by atoms with Crippen molar-refractivity contribution in [3.63, 3.8) is 0 Å². The number of aliphatic carboxylic acids is 1. The summed E-state index contributed by atoms with van der Waals surface area (Å²) in [6, 6.07) is 7.33. The molecule has 0 aliphatic heterocycles. The first-order valence-corrected chi connectivity index (χ1v) is 12.6. The van der Waals surface area contributed by atoms with E-state index in [2.05, 4.69) is 30.6 Å². The maximum atomic E-state index is 13.3. The number of nitrogens with zero attached hydrogens (tertiary/aromatic N) is 5. The van der Waals surface area contributed by atoms with Crippen molar-refractivity contribution in [2.24, 2.45) is 0 Å². The number of rotatable bonds is 15. The number of carbonyl (C=O) groups is 3. The third-order valence-electron chi connectivity index (χ3n) is 6.22. The quantitative estimate of drug-likeness (QED) is 0.256. The lowest BCUT2D eigenvalue weighted by Gasteiger charge is -2.25. The number of nitrogens with one attached hydrogen (secondary N) is 2. The first kappa shape index (κ1) is 29.2. The number of benzene rings is 1. The minimum Gasteiger partial charge on any atom is -0.481 e. The Morgan fingerprint density at radius 1 is 1.15 bits per heavy atom. The topological polar surface area (TPSA) is 173 Å². The van der Waals surface area contributed by atoms with Gasteiger partial charge in [0.2, 0.25) is 5.91 Å². The van der Waals surface area contributed by atoms with Crippen LogP contribution in [0.2, 0.25) is 0 Å². The molecule has 0 radical (unpaired) electrons. The number of amides is 1. The summed E-state index contributed by atoms with van der Waals surface area (Å²) in [6.45, 7) is 6.46. The van der Waals surface area contributed by atoms with Crippen molar-refractivity contribution in [2.45, 2.75) is 58.8 Å². The second-order valence-electron chi connectivity index (χ2n) is 8.98. The average Bonchev–Trinajstić information content (AvgIpc) is 3.33. The lowest BCUT2D eigenvalue weighted by molar-refractivity contribution is -0.140. The molecule has 0 fully saturated rings. The van der Waals surface area contributed by atoms with Crippen LogP contribution in [0.5, 0.6) is 0 Å². The first-order chi connectivity index (χ1) is 18.7. The zero-order valence-electron chi connectivity index (χ0n) is 22.2. The molecule has 13 nitrogen and oxygen atoms in total. The van der Waals surface area contributed by atoms with Crippen LogP contribution in [0.4, 0.5) is 5.82 Å². The number of aromatic nitrogens is 4. The number of carbonyl (C=O) groups excluding carboxylic acids is 2. The van der Waals surface area contributed by atoms with Crippen LogP contribution in [0.1, 0.15) is 49.7 Å². The third kappa shape index (κ3) is 8.04. The minimum absolute atomic E-state index is 0.0104. The molecule has 0 spiro atoms. The number of aryl methyl sites for hydroxylation is 1. The van der Waals surface area contributed by atoms with E-state index in [4.69, 9.17) is 0 Å². The molecule has 2 unspecified atom stereocenters. The number of anilines is 1. The highest BCUT2D eigenvalue weighted by atomic mass is 16.6. The number of hydrogen-bond acceptors (Lipinski definition) is 10. The predicted molar refractivity (Wildman–Crippen MR) is 141 cm³/mol. The molecule has 2 atom stereocenters. The van der Waals surface area contributed by atoms with E-state index in [1.54, 1.807) is 13.8 Å². The Bertz CT molecular complexity index is 1320. The van der Waals surface area contributed by atoms with E-state index in [0.717, 1.165) is 5.56 Å².